The highest BCUT2D eigenvalue weighted by atomic mass is 32.1. The quantitative estimate of drug-likeness (QED) is 0.0351. The van der Waals surface area contributed by atoms with E-state index in [2.05, 4.69) is 26.3 Å². The lowest BCUT2D eigenvalue weighted by atomic mass is 10.0. The number of thiazole rings is 2. The molecule has 482 valence electrons. The number of nitrogens with zero attached hydrogens (tertiary/aromatic N) is 6. The van der Waals surface area contributed by atoms with Crippen LogP contribution < -0.4 is 40.2 Å². The Balaban J connectivity index is 0.000000254. The van der Waals surface area contributed by atoms with Crippen LogP contribution in [0.2, 0.25) is 0 Å². The molecule has 0 spiro atoms. The molecule has 0 bridgehead atoms. The second-order valence-corrected chi connectivity index (χ2v) is 26.7. The van der Waals surface area contributed by atoms with Crippen molar-refractivity contribution in [3.05, 3.63) is 59.3 Å². The molecule has 2 aliphatic heterocycles. The number of rotatable bonds is 20. The van der Waals surface area contributed by atoms with Gasteiger partial charge in [-0.1, -0.05) is 27.7 Å². The molecular weight excluding hydrogens is 1180 g/mol. The van der Waals surface area contributed by atoms with E-state index in [9.17, 15) is 33.9 Å². The molecular formula is C63H84N10O14S2. The number of alkyl carbamates (subject to hydrolysis) is 2. The lowest BCUT2D eigenvalue weighted by molar-refractivity contribution is -0.152. The van der Waals surface area contributed by atoms with Crippen molar-refractivity contribution in [2.24, 2.45) is 11.8 Å². The van der Waals surface area contributed by atoms with Gasteiger partial charge in [-0.15, -0.1) is 22.7 Å². The van der Waals surface area contributed by atoms with E-state index in [-0.39, 0.29) is 49.9 Å². The number of fused-ring (bicyclic) bond motifs is 2. The molecule has 89 heavy (non-hydrogen) atoms. The van der Waals surface area contributed by atoms with Crippen LogP contribution in [-0.2, 0) is 33.4 Å². The minimum Gasteiger partial charge on any atom is -0.497 e. The topological polar surface area (TPSA) is 293 Å². The number of esters is 1. The minimum atomic E-state index is -1.15. The summed E-state index contributed by atoms with van der Waals surface area (Å²) in [7, 11) is 4.45. The van der Waals surface area contributed by atoms with Gasteiger partial charge in [0.1, 0.15) is 82.0 Å². The number of likely N-dealkylation sites (tertiary alicyclic amines) is 2. The Kier molecular flexibility index (Phi) is 22.2. The SMILES string of the molecule is COC(=O)[C@@H]1C[C@@H](Oc2cc(-c3csc(NC(C)C)n3)nc3cc(OC)ccc23)CN1C(=O)[C@@H](NC(=O)OC(C)(C)C)C(C)C.COc1ccc2c(O[C@@H]3C[C@@H](C(=O)O)N(C(=O)[C@@H](NC(=O)OC(C)(C)C)C(C)C)C3)cc(-c3csc(NC(C)C)n3)nc2c1. The highest BCUT2D eigenvalue weighted by Crippen LogP contribution is 2.38. The van der Waals surface area contributed by atoms with Gasteiger partial charge in [0.05, 0.1) is 56.8 Å². The number of carbonyl (C=O) groups is 6. The second kappa shape index (κ2) is 28.9. The van der Waals surface area contributed by atoms with Crippen LogP contribution >= 0.6 is 22.7 Å². The molecule has 2 saturated heterocycles. The number of aliphatic carboxylic acids is 1. The summed E-state index contributed by atoms with van der Waals surface area (Å²) in [5.74, 6) is -0.981. The van der Waals surface area contributed by atoms with Crippen LogP contribution in [0, 0.1) is 11.8 Å². The summed E-state index contributed by atoms with van der Waals surface area (Å²) in [6, 6.07) is 11.0. The van der Waals surface area contributed by atoms with Gasteiger partial charge in [-0.25, -0.2) is 39.1 Å². The number of methoxy groups -OCH3 is 3. The van der Waals surface area contributed by atoms with Crippen molar-refractivity contribution in [2.45, 2.75) is 169 Å². The molecule has 2 fully saturated rings. The maximum atomic E-state index is 13.9. The first-order valence-corrected chi connectivity index (χ1v) is 31.3. The zero-order valence-electron chi connectivity index (χ0n) is 53.6. The molecule has 5 N–H and O–H groups in total. The smallest absolute Gasteiger partial charge is 0.408 e. The monoisotopic (exact) mass is 1270 g/mol. The molecule has 6 aromatic rings. The van der Waals surface area contributed by atoms with Crippen LogP contribution in [0.15, 0.2) is 59.3 Å². The lowest BCUT2D eigenvalue weighted by Crippen LogP contribution is -2.54. The zero-order chi connectivity index (χ0) is 65.4. The van der Waals surface area contributed by atoms with Crippen molar-refractivity contribution in [1.82, 2.24) is 40.4 Å². The highest BCUT2D eigenvalue weighted by molar-refractivity contribution is 7.14. The number of aromatic nitrogens is 4. The lowest BCUT2D eigenvalue weighted by Gasteiger charge is -2.30. The number of hydrogen-bond donors (Lipinski definition) is 5. The van der Waals surface area contributed by atoms with Crippen molar-refractivity contribution in [1.29, 1.82) is 0 Å². The third-order valence-corrected chi connectivity index (χ3v) is 15.5. The number of carboxylic acids is 1. The van der Waals surface area contributed by atoms with E-state index in [0.29, 0.717) is 62.2 Å². The number of ether oxygens (including phenoxy) is 7. The second-order valence-electron chi connectivity index (χ2n) is 25.0. The molecule has 2 aliphatic rings. The third-order valence-electron chi connectivity index (χ3n) is 14.0. The number of hydrogen-bond acceptors (Lipinski definition) is 21. The Morgan fingerprint density at radius 1 is 0.562 bits per heavy atom. The molecule has 24 nitrogen and oxygen atoms in total. The van der Waals surface area contributed by atoms with Crippen LogP contribution in [0.1, 0.15) is 110 Å². The van der Waals surface area contributed by atoms with Gasteiger partial charge in [0.15, 0.2) is 10.3 Å². The molecule has 0 saturated carbocycles. The number of pyridine rings is 2. The zero-order valence-corrected chi connectivity index (χ0v) is 55.3. The van der Waals surface area contributed by atoms with Gasteiger partial charge >= 0.3 is 24.1 Å². The van der Waals surface area contributed by atoms with Crippen molar-refractivity contribution < 1.29 is 67.0 Å². The molecule has 4 aromatic heterocycles. The third kappa shape index (κ3) is 18.0. The van der Waals surface area contributed by atoms with Gasteiger partial charge in [-0.2, -0.15) is 0 Å². The van der Waals surface area contributed by atoms with Crippen molar-refractivity contribution in [3.63, 3.8) is 0 Å². The average Bonchev–Trinajstić information content (AvgIpc) is 1.98. The highest BCUT2D eigenvalue weighted by Gasteiger charge is 2.46. The van der Waals surface area contributed by atoms with E-state index >= 15 is 0 Å². The molecule has 26 heteroatoms. The van der Waals surface area contributed by atoms with Gasteiger partial charge in [0.2, 0.25) is 11.8 Å². The van der Waals surface area contributed by atoms with Crippen LogP contribution in [0.3, 0.4) is 0 Å². The number of benzene rings is 2. The predicted octanol–water partition coefficient (Wildman–Crippen LogP) is 10.4. The van der Waals surface area contributed by atoms with Crippen molar-refractivity contribution in [3.8, 4) is 45.8 Å². The number of carbonyl (C=O) groups excluding carboxylic acids is 5. The van der Waals surface area contributed by atoms with E-state index in [1.807, 2.05) is 82.6 Å². The van der Waals surface area contributed by atoms with Crippen molar-refractivity contribution >= 4 is 90.7 Å². The van der Waals surface area contributed by atoms with E-state index in [0.717, 1.165) is 15.6 Å². The summed E-state index contributed by atoms with van der Waals surface area (Å²) >= 11 is 2.95. The first-order valence-electron chi connectivity index (χ1n) is 29.5. The van der Waals surface area contributed by atoms with E-state index in [1.165, 1.54) is 39.6 Å². The Labute approximate surface area is 527 Å². The van der Waals surface area contributed by atoms with E-state index < -0.39 is 83.5 Å². The van der Waals surface area contributed by atoms with Crippen LogP contribution in [0.4, 0.5) is 19.9 Å². The van der Waals surface area contributed by atoms with Gasteiger partial charge in [0.25, 0.3) is 0 Å². The molecule has 6 atom stereocenters. The fourth-order valence-corrected chi connectivity index (χ4v) is 11.6. The molecule has 6 heterocycles. The van der Waals surface area contributed by atoms with Crippen molar-refractivity contribution in [2.75, 3.05) is 45.1 Å². The van der Waals surface area contributed by atoms with Gasteiger partial charge in [0, 0.05) is 70.7 Å². The standard InChI is InChI=1S/C32H43N5O7S.C31H41N5O7S/c1-17(2)27(36-31(40)44-32(5,6)7)28(38)37-15-20(13-25(37)29(39)42-9)43-26-14-23(24-16-45-30(35-24)33-18(3)4)34-22-12-19(41-8)10-11-21(22)26;1-16(2)26(35-30(40)43-31(5,6)7)27(37)36-14-19(12-24(36)28(38)39)42-25-13-22(23-15-44-29(34-23)32-17(3)4)33-21-11-18(41-8)9-10-20(21)25/h10-12,14,16-18,20,25,27H,13,15H2,1-9H3,(H,33,35)(H,36,40);9-11,13,15-17,19,24,26H,12,14H2,1-8H3,(H,32,34)(H,35,40)(H,38,39)/t20-,25+,27+;19-,24+,26+/m11/s1. The Hall–Kier alpha value is -8.26. The normalized spacial score (nSPS) is 17.4. The molecule has 0 aliphatic carbocycles. The largest absolute Gasteiger partial charge is 0.497 e. The van der Waals surface area contributed by atoms with Crippen LogP contribution in [0.25, 0.3) is 44.6 Å². The average molecular weight is 1270 g/mol. The summed E-state index contributed by atoms with van der Waals surface area (Å²) in [5, 5.41) is 28.8. The first-order chi connectivity index (χ1) is 41.8. The van der Waals surface area contributed by atoms with Gasteiger partial charge in [-0.05, 0) is 105 Å². The van der Waals surface area contributed by atoms with Crippen LogP contribution in [0.5, 0.6) is 23.0 Å². The molecule has 0 unspecified atom stereocenters. The van der Waals surface area contributed by atoms with E-state index in [1.54, 1.807) is 87.8 Å². The summed E-state index contributed by atoms with van der Waals surface area (Å²) in [4.78, 5) is 99.7. The van der Waals surface area contributed by atoms with Gasteiger partial charge in [-0.3, -0.25) is 9.59 Å². The fraction of sp³-hybridized carbons (Fsp3) is 0.524. The number of amides is 4. The van der Waals surface area contributed by atoms with E-state index in [4.69, 9.17) is 48.1 Å². The maximum Gasteiger partial charge on any atom is 0.408 e. The fourth-order valence-electron chi connectivity index (χ4n) is 9.93. The van der Waals surface area contributed by atoms with Crippen LogP contribution in [-0.4, -0.2) is 165 Å². The molecule has 4 amide bonds. The summed E-state index contributed by atoms with van der Waals surface area (Å²) in [6.45, 7) is 25.9. The Bertz CT molecular complexity index is 3500. The molecule has 0 radical (unpaired) electrons. The molecule has 2 aromatic carbocycles. The Morgan fingerprint density at radius 3 is 1.30 bits per heavy atom. The summed E-state index contributed by atoms with van der Waals surface area (Å²) in [5.41, 5.74) is 2.29. The predicted molar refractivity (Wildman–Crippen MR) is 341 cm³/mol. The number of anilines is 2. The maximum absolute atomic E-state index is 13.9. The summed E-state index contributed by atoms with van der Waals surface area (Å²) in [6.07, 6.45) is -2.39. The summed E-state index contributed by atoms with van der Waals surface area (Å²) < 4.78 is 39.7. The minimum absolute atomic E-state index is 0.0173. The Morgan fingerprint density at radius 2 is 0.955 bits per heavy atom. The number of nitrogens with one attached hydrogen (secondary N) is 4. The van der Waals surface area contributed by atoms with Gasteiger partial charge < -0.3 is 69.3 Å². The first kappa shape index (κ1) is 68.2. The molecule has 8 rings (SSSR count). The number of carboxylic acid groups (broad SMARTS) is 1.